The van der Waals surface area contributed by atoms with E-state index in [0.29, 0.717) is 17.6 Å². The zero-order chi connectivity index (χ0) is 42.2. The summed E-state index contributed by atoms with van der Waals surface area (Å²) in [6.07, 6.45) is 0. The van der Waals surface area contributed by atoms with E-state index in [9.17, 15) is 0 Å². The average molecular weight is 836 g/mol. The molecule has 0 unspecified atom stereocenters. The summed E-state index contributed by atoms with van der Waals surface area (Å²) in [7, 11) is -2.91. The Morgan fingerprint density at radius 2 is 0.844 bits per heavy atom. The lowest BCUT2D eigenvalue weighted by molar-refractivity contribution is 0.487. The molecule has 13 rings (SSSR count). The number of benzene rings is 9. The van der Waals surface area contributed by atoms with Crippen LogP contribution in [0.25, 0.3) is 78.0 Å². The maximum atomic E-state index is 6.68. The van der Waals surface area contributed by atoms with Gasteiger partial charge >= 0.3 is 0 Å². The Kier molecular flexibility index (Phi) is 8.13. The average Bonchev–Trinajstić information content (AvgIpc) is 3.89. The van der Waals surface area contributed by atoms with E-state index in [1.807, 2.05) is 18.2 Å². The fourth-order valence-corrected chi connectivity index (χ4v) is 15.1. The SMILES string of the molecule is c1ccc(-c2nc(-c3cccc(-n4c5ccccc5c5ccc([Si]6(c7ccccc7)c7ccccc7Oc7ccccc76)cc54)c3)nc(-n3c4ccccc4c4ccccc43)n2)cc1. The van der Waals surface area contributed by atoms with Crippen molar-refractivity contribution in [3.8, 4) is 45.9 Å². The molecule has 64 heavy (non-hydrogen) atoms. The molecule has 6 nitrogen and oxygen atoms in total. The molecule has 4 heterocycles. The summed E-state index contributed by atoms with van der Waals surface area (Å²) in [5, 5.41) is 9.77. The van der Waals surface area contributed by atoms with Crippen LogP contribution in [0, 0.1) is 0 Å². The van der Waals surface area contributed by atoms with Crippen molar-refractivity contribution in [2.75, 3.05) is 0 Å². The van der Waals surface area contributed by atoms with E-state index in [2.05, 4.69) is 215 Å². The molecule has 1 aliphatic rings. The molecule has 0 aliphatic carbocycles. The summed E-state index contributed by atoms with van der Waals surface area (Å²) in [4.78, 5) is 15.7. The van der Waals surface area contributed by atoms with Gasteiger partial charge < -0.3 is 9.30 Å². The lowest BCUT2D eigenvalue weighted by Gasteiger charge is -2.39. The summed E-state index contributed by atoms with van der Waals surface area (Å²) >= 11 is 0. The summed E-state index contributed by atoms with van der Waals surface area (Å²) in [6.45, 7) is 0. The molecule has 0 N–H and O–H groups in total. The van der Waals surface area contributed by atoms with Crippen molar-refractivity contribution in [2.24, 2.45) is 0 Å². The molecule has 300 valence electrons. The molecule has 0 saturated heterocycles. The third-order valence-electron chi connectivity index (χ3n) is 12.9. The molecule has 9 aromatic carbocycles. The van der Waals surface area contributed by atoms with E-state index in [-0.39, 0.29) is 0 Å². The fourth-order valence-electron chi connectivity index (χ4n) is 10.2. The van der Waals surface area contributed by atoms with Crippen LogP contribution in [-0.4, -0.2) is 32.2 Å². The lowest BCUT2D eigenvalue weighted by Crippen LogP contribution is -2.76. The van der Waals surface area contributed by atoms with Gasteiger partial charge in [0.05, 0.1) is 22.1 Å². The molecular weight excluding hydrogens is 799 g/mol. The Balaban J connectivity index is 1.05. The minimum Gasteiger partial charge on any atom is -0.458 e. The summed E-state index contributed by atoms with van der Waals surface area (Å²) < 4.78 is 11.3. The van der Waals surface area contributed by atoms with Crippen LogP contribution < -0.4 is 25.5 Å². The quantitative estimate of drug-likeness (QED) is 0.157. The van der Waals surface area contributed by atoms with E-state index in [1.165, 1.54) is 31.5 Å². The zero-order valence-corrected chi connectivity index (χ0v) is 35.5. The first-order valence-corrected chi connectivity index (χ1v) is 23.6. The maximum absolute atomic E-state index is 6.68. The monoisotopic (exact) mass is 835 g/mol. The molecule has 0 amide bonds. The molecule has 7 heteroatoms. The molecule has 0 fully saturated rings. The van der Waals surface area contributed by atoms with Crippen LogP contribution in [0.2, 0.25) is 0 Å². The van der Waals surface area contributed by atoms with E-state index in [1.54, 1.807) is 0 Å². The number of fused-ring (bicyclic) bond motifs is 8. The molecule has 0 atom stereocenters. The van der Waals surface area contributed by atoms with Crippen molar-refractivity contribution in [1.82, 2.24) is 24.1 Å². The van der Waals surface area contributed by atoms with Crippen LogP contribution >= 0.6 is 0 Å². The van der Waals surface area contributed by atoms with E-state index in [4.69, 9.17) is 19.7 Å². The Hall–Kier alpha value is -8.39. The van der Waals surface area contributed by atoms with E-state index >= 15 is 0 Å². The van der Waals surface area contributed by atoms with Crippen molar-refractivity contribution in [2.45, 2.75) is 0 Å². The first-order valence-electron chi connectivity index (χ1n) is 21.6. The van der Waals surface area contributed by atoms with Gasteiger partial charge in [-0.05, 0) is 69.3 Å². The number of para-hydroxylation sites is 5. The van der Waals surface area contributed by atoms with Crippen LogP contribution in [0.15, 0.2) is 224 Å². The zero-order valence-electron chi connectivity index (χ0n) is 34.5. The van der Waals surface area contributed by atoms with Crippen molar-refractivity contribution in [3.05, 3.63) is 224 Å². The third-order valence-corrected chi connectivity index (χ3v) is 17.7. The molecule has 1 aliphatic heterocycles. The summed E-state index contributed by atoms with van der Waals surface area (Å²) in [6, 6.07) is 79.9. The molecule has 3 aromatic heterocycles. The standard InChI is InChI=1S/C57H37N5OSi/c1-3-18-38(19-4-1)55-58-56(60-57(59-55)62-48-28-11-8-24-43(48)44-25-9-12-29-49(44)62)39-20-17-21-40(36-39)61-47-27-10-7-26-45(47)46-35-34-42(37-50(46)61)64(41-22-5-2-6-23-41)53-32-15-13-30-51(53)63-52-31-14-16-33-54(52)64/h1-37H. The normalized spacial score (nSPS) is 12.9. The van der Waals surface area contributed by atoms with Gasteiger partial charge in [0, 0.05) is 38.4 Å². The Morgan fingerprint density at radius 1 is 0.344 bits per heavy atom. The number of nitrogens with zero attached hydrogens (tertiary/aromatic N) is 5. The van der Waals surface area contributed by atoms with Crippen molar-refractivity contribution < 1.29 is 4.74 Å². The van der Waals surface area contributed by atoms with Gasteiger partial charge in [-0.3, -0.25) is 4.57 Å². The predicted molar refractivity (Wildman–Crippen MR) is 263 cm³/mol. The molecule has 0 spiro atoms. The van der Waals surface area contributed by atoms with E-state index < -0.39 is 8.07 Å². The van der Waals surface area contributed by atoms with Gasteiger partial charge in [0.2, 0.25) is 5.95 Å². The highest BCUT2D eigenvalue weighted by atomic mass is 28.3. The number of rotatable bonds is 6. The highest BCUT2D eigenvalue weighted by Gasteiger charge is 2.48. The second-order valence-corrected chi connectivity index (χ2v) is 20.1. The van der Waals surface area contributed by atoms with Gasteiger partial charge in [-0.15, -0.1) is 0 Å². The van der Waals surface area contributed by atoms with Crippen LogP contribution in [0.1, 0.15) is 0 Å². The fraction of sp³-hybridized carbons (Fsp3) is 0. The van der Waals surface area contributed by atoms with Crippen molar-refractivity contribution in [1.29, 1.82) is 0 Å². The number of aromatic nitrogens is 5. The van der Waals surface area contributed by atoms with Gasteiger partial charge in [-0.1, -0.05) is 176 Å². The van der Waals surface area contributed by atoms with Gasteiger partial charge in [-0.2, -0.15) is 9.97 Å². The first-order chi connectivity index (χ1) is 31.7. The smallest absolute Gasteiger partial charge is 0.238 e. The van der Waals surface area contributed by atoms with Gasteiger partial charge in [-0.25, -0.2) is 4.98 Å². The minimum absolute atomic E-state index is 0.571. The van der Waals surface area contributed by atoms with Crippen LogP contribution in [-0.2, 0) is 0 Å². The largest absolute Gasteiger partial charge is 0.458 e. The molecule has 12 aromatic rings. The van der Waals surface area contributed by atoms with E-state index in [0.717, 1.165) is 61.2 Å². The maximum Gasteiger partial charge on any atom is 0.238 e. The highest BCUT2D eigenvalue weighted by Crippen LogP contribution is 2.36. The number of hydrogen-bond donors (Lipinski definition) is 0. The van der Waals surface area contributed by atoms with Gasteiger partial charge in [0.25, 0.3) is 0 Å². The van der Waals surface area contributed by atoms with Crippen LogP contribution in [0.5, 0.6) is 11.5 Å². The second kappa shape index (κ2) is 14.3. The van der Waals surface area contributed by atoms with Crippen LogP contribution in [0.4, 0.5) is 0 Å². The topological polar surface area (TPSA) is 57.8 Å². The van der Waals surface area contributed by atoms with Crippen molar-refractivity contribution >= 4 is 72.4 Å². The van der Waals surface area contributed by atoms with Gasteiger partial charge in [0.1, 0.15) is 11.5 Å². The molecule has 0 radical (unpaired) electrons. The number of hydrogen-bond acceptors (Lipinski definition) is 4. The molecule has 0 bridgehead atoms. The second-order valence-electron chi connectivity index (χ2n) is 16.4. The van der Waals surface area contributed by atoms with Gasteiger partial charge in [0.15, 0.2) is 19.7 Å². The van der Waals surface area contributed by atoms with Crippen molar-refractivity contribution in [3.63, 3.8) is 0 Å². The molecular formula is C57H37N5OSi. The Morgan fingerprint density at radius 3 is 1.48 bits per heavy atom. The summed E-state index contributed by atoms with van der Waals surface area (Å²) in [5.41, 5.74) is 7.18. The third kappa shape index (κ3) is 5.41. The molecule has 0 saturated carbocycles. The lowest BCUT2D eigenvalue weighted by atomic mass is 10.1. The predicted octanol–water partition coefficient (Wildman–Crippen LogP) is 10.9. The Labute approximate surface area is 370 Å². The summed E-state index contributed by atoms with van der Waals surface area (Å²) in [5.74, 6) is 3.61. The first kappa shape index (κ1) is 36.3. The minimum atomic E-state index is -2.91. The highest BCUT2D eigenvalue weighted by molar-refractivity contribution is 7.20. The Bertz CT molecular complexity index is 3680. The number of ether oxygens (including phenoxy) is 1. The van der Waals surface area contributed by atoms with Crippen LogP contribution in [0.3, 0.4) is 0 Å².